The fourth-order valence-electron chi connectivity index (χ4n) is 1.84. The van der Waals surface area contributed by atoms with Crippen LogP contribution in [0.4, 0.5) is 5.95 Å². The molecule has 0 saturated carbocycles. The topological polar surface area (TPSA) is 97.1 Å². The smallest absolute Gasteiger partial charge is 0.303 e. The van der Waals surface area contributed by atoms with Gasteiger partial charge in [0.15, 0.2) is 0 Å². The Labute approximate surface area is 131 Å². The number of aliphatic carboxylic acids is 1. The van der Waals surface area contributed by atoms with Crippen molar-refractivity contribution in [3.8, 4) is 0 Å². The number of hydrogen-bond donors (Lipinski definition) is 2. The molecule has 22 heavy (non-hydrogen) atoms. The fraction of sp³-hybridized carbons (Fsp3) is 0.286. The van der Waals surface area contributed by atoms with Crippen LogP contribution in [0.2, 0.25) is 5.02 Å². The average molecular weight is 323 g/mol. The Morgan fingerprint density at radius 2 is 2.14 bits per heavy atom. The Hall–Kier alpha value is -2.41. The number of amides is 1. The van der Waals surface area contributed by atoms with Crippen molar-refractivity contribution in [2.45, 2.75) is 25.8 Å². The van der Waals surface area contributed by atoms with Gasteiger partial charge >= 0.3 is 5.97 Å². The summed E-state index contributed by atoms with van der Waals surface area (Å²) in [6, 6.07) is 7.38. The molecule has 0 bridgehead atoms. The van der Waals surface area contributed by atoms with Gasteiger partial charge in [0.25, 0.3) is 0 Å². The minimum atomic E-state index is -0.920. The Kier molecular flexibility index (Phi) is 5.48. The van der Waals surface area contributed by atoms with E-state index in [-0.39, 0.29) is 31.1 Å². The number of halogens is 1. The summed E-state index contributed by atoms with van der Waals surface area (Å²) in [5, 5.41) is 15.8. The number of nitrogens with zero attached hydrogens (tertiary/aromatic N) is 3. The van der Waals surface area contributed by atoms with Crippen molar-refractivity contribution >= 4 is 29.4 Å². The predicted octanol–water partition coefficient (Wildman–Crippen LogP) is 2.17. The summed E-state index contributed by atoms with van der Waals surface area (Å²) in [7, 11) is 0. The van der Waals surface area contributed by atoms with Crippen molar-refractivity contribution in [3.63, 3.8) is 0 Å². The molecule has 2 N–H and O–H groups in total. The Morgan fingerprint density at radius 1 is 1.32 bits per heavy atom. The van der Waals surface area contributed by atoms with E-state index in [9.17, 15) is 9.59 Å². The molecule has 1 aromatic carbocycles. The number of carbonyl (C=O) groups is 2. The van der Waals surface area contributed by atoms with Crippen LogP contribution in [-0.4, -0.2) is 31.7 Å². The van der Waals surface area contributed by atoms with Crippen LogP contribution >= 0.6 is 11.6 Å². The van der Waals surface area contributed by atoms with E-state index in [1.54, 1.807) is 10.7 Å². The highest BCUT2D eigenvalue weighted by Crippen LogP contribution is 2.12. The lowest BCUT2D eigenvalue weighted by Crippen LogP contribution is -2.13. The van der Waals surface area contributed by atoms with Gasteiger partial charge in [-0.25, -0.2) is 9.67 Å². The van der Waals surface area contributed by atoms with Crippen molar-refractivity contribution in [3.05, 3.63) is 41.2 Å². The second-order valence-electron chi connectivity index (χ2n) is 4.69. The number of rotatable bonds is 7. The summed E-state index contributed by atoms with van der Waals surface area (Å²) in [5.74, 6) is -1.03. The lowest BCUT2D eigenvalue weighted by atomic mass is 10.2. The zero-order valence-electron chi connectivity index (χ0n) is 11.7. The molecule has 8 heteroatoms. The monoisotopic (exact) mass is 322 g/mol. The summed E-state index contributed by atoms with van der Waals surface area (Å²) in [6.45, 7) is 0.489. The fourth-order valence-corrected chi connectivity index (χ4v) is 2.05. The van der Waals surface area contributed by atoms with Crippen LogP contribution in [0.5, 0.6) is 0 Å². The van der Waals surface area contributed by atoms with Crippen molar-refractivity contribution in [2.75, 3.05) is 5.32 Å². The summed E-state index contributed by atoms with van der Waals surface area (Å²) < 4.78 is 1.58. The van der Waals surface area contributed by atoms with Crippen molar-refractivity contribution in [1.29, 1.82) is 0 Å². The van der Waals surface area contributed by atoms with Gasteiger partial charge in [0.2, 0.25) is 11.9 Å². The van der Waals surface area contributed by atoms with Crippen LogP contribution in [0.15, 0.2) is 30.6 Å². The molecule has 0 atom stereocenters. The number of carboxylic acids is 1. The van der Waals surface area contributed by atoms with Gasteiger partial charge in [0.05, 0.1) is 6.54 Å². The average Bonchev–Trinajstić information content (AvgIpc) is 2.85. The van der Waals surface area contributed by atoms with E-state index in [0.29, 0.717) is 11.6 Å². The molecule has 0 saturated heterocycles. The number of hydrogen-bond acceptors (Lipinski definition) is 4. The van der Waals surface area contributed by atoms with E-state index >= 15 is 0 Å². The van der Waals surface area contributed by atoms with Gasteiger partial charge in [-0.2, -0.15) is 0 Å². The standard InChI is InChI=1S/C14H15ClN4O3/c15-11-4-1-3-10(7-11)8-19-9-16-14(18-19)17-12(20)5-2-6-13(21)22/h1,3-4,7,9H,2,5-6,8H2,(H,21,22)(H,17,18,20). The molecule has 1 amide bonds. The lowest BCUT2D eigenvalue weighted by molar-refractivity contribution is -0.137. The Balaban J connectivity index is 1.86. The Bertz CT molecular complexity index is 672. The molecule has 2 aromatic rings. The third-order valence-corrected chi connectivity index (χ3v) is 3.05. The van der Waals surface area contributed by atoms with E-state index in [1.807, 2.05) is 18.2 Å². The maximum Gasteiger partial charge on any atom is 0.303 e. The molecule has 1 heterocycles. The van der Waals surface area contributed by atoms with E-state index in [2.05, 4.69) is 15.4 Å². The number of benzene rings is 1. The van der Waals surface area contributed by atoms with E-state index in [4.69, 9.17) is 16.7 Å². The van der Waals surface area contributed by atoms with E-state index in [1.165, 1.54) is 6.33 Å². The van der Waals surface area contributed by atoms with Crippen LogP contribution in [0.25, 0.3) is 0 Å². The lowest BCUT2D eigenvalue weighted by Gasteiger charge is -2.02. The molecule has 0 aliphatic heterocycles. The third-order valence-electron chi connectivity index (χ3n) is 2.82. The molecular weight excluding hydrogens is 308 g/mol. The zero-order valence-corrected chi connectivity index (χ0v) is 12.5. The maximum absolute atomic E-state index is 11.6. The highest BCUT2D eigenvalue weighted by molar-refractivity contribution is 6.30. The second-order valence-corrected chi connectivity index (χ2v) is 5.13. The second kappa shape index (κ2) is 7.56. The van der Waals surface area contributed by atoms with Gasteiger partial charge in [-0.1, -0.05) is 23.7 Å². The van der Waals surface area contributed by atoms with E-state index < -0.39 is 5.97 Å². The normalized spacial score (nSPS) is 10.4. The van der Waals surface area contributed by atoms with Gasteiger partial charge in [0.1, 0.15) is 6.33 Å². The van der Waals surface area contributed by atoms with Crippen LogP contribution in [0.1, 0.15) is 24.8 Å². The molecule has 2 rings (SSSR count). The van der Waals surface area contributed by atoms with Crippen LogP contribution in [-0.2, 0) is 16.1 Å². The molecule has 1 aromatic heterocycles. The number of carbonyl (C=O) groups excluding carboxylic acids is 1. The first-order valence-corrected chi connectivity index (χ1v) is 7.06. The first kappa shape index (κ1) is 16.0. The minimum absolute atomic E-state index is 0.0376. The van der Waals surface area contributed by atoms with Gasteiger partial charge < -0.3 is 5.11 Å². The molecule has 0 fully saturated rings. The van der Waals surface area contributed by atoms with Gasteiger partial charge in [-0.15, -0.1) is 5.10 Å². The van der Waals surface area contributed by atoms with Crippen molar-refractivity contribution in [1.82, 2.24) is 14.8 Å². The van der Waals surface area contributed by atoms with Gasteiger partial charge in [0, 0.05) is 17.9 Å². The van der Waals surface area contributed by atoms with E-state index in [0.717, 1.165) is 5.56 Å². The SMILES string of the molecule is O=C(O)CCCC(=O)Nc1ncn(Cc2cccc(Cl)c2)n1. The highest BCUT2D eigenvalue weighted by Gasteiger charge is 2.08. The summed E-state index contributed by atoms with van der Waals surface area (Å²) in [6.07, 6.45) is 1.87. The first-order chi connectivity index (χ1) is 10.5. The van der Waals surface area contributed by atoms with Gasteiger partial charge in [-0.3, -0.25) is 14.9 Å². The molecule has 0 aliphatic rings. The predicted molar refractivity (Wildman–Crippen MR) is 80.7 cm³/mol. The molecule has 0 unspecified atom stereocenters. The molecule has 7 nitrogen and oxygen atoms in total. The Morgan fingerprint density at radius 3 is 2.86 bits per heavy atom. The molecule has 0 aliphatic carbocycles. The quantitative estimate of drug-likeness (QED) is 0.814. The molecule has 0 spiro atoms. The summed E-state index contributed by atoms with van der Waals surface area (Å²) >= 11 is 5.91. The highest BCUT2D eigenvalue weighted by atomic mass is 35.5. The number of nitrogens with one attached hydrogen (secondary N) is 1. The van der Waals surface area contributed by atoms with Crippen molar-refractivity contribution in [2.24, 2.45) is 0 Å². The van der Waals surface area contributed by atoms with Gasteiger partial charge in [-0.05, 0) is 24.1 Å². The largest absolute Gasteiger partial charge is 0.481 e. The number of anilines is 1. The molecular formula is C14H15ClN4O3. The van der Waals surface area contributed by atoms with Crippen LogP contribution in [0.3, 0.4) is 0 Å². The van der Waals surface area contributed by atoms with Crippen LogP contribution in [0, 0.1) is 0 Å². The van der Waals surface area contributed by atoms with Crippen molar-refractivity contribution < 1.29 is 14.7 Å². The number of carboxylic acid groups (broad SMARTS) is 1. The minimum Gasteiger partial charge on any atom is -0.481 e. The summed E-state index contributed by atoms with van der Waals surface area (Å²) in [4.78, 5) is 26.0. The molecule has 116 valence electrons. The summed E-state index contributed by atoms with van der Waals surface area (Å²) in [5.41, 5.74) is 0.969. The third kappa shape index (κ3) is 5.17. The first-order valence-electron chi connectivity index (χ1n) is 6.68. The van der Waals surface area contributed by atoms with Crippen LogP contribution < -0.4 is 5.32 Å². The molecule has 0 radical (unpaired) electrons. The zero-order chi connectivity index (χ0) is 15.9. The number of aromatic nitrogens is 3. The maximum atomic E-state index is 11.6.